The number of halogens is 1. The summed E-state index contributed by atoms with van der Waals surface area (Å²) in [5, 5.41) is 9.20. The fourth-order valence-corrected chi connectivity index (χ4v) is 2.20. The number of hydrogen-bond acceptors (Lipinski definition) is 2. The smallest absolute Gasteiger partial charge is 0.311 e. The number of hydrogen-bond donors (Lipinski definition) is 1. The van der Waals surface area contributed by atoms with Crippen molar-refractivity contribution >= 4 is 5.97 Å². The molecule has 4 heteroatoms. The van der Waals surface area contributed by atoms with Gasteiger partial charge in [0.05, 0.1) is 5.92 Å². The highest BCUT2D eigenvalue weighted by molar-refractivity contribution is 5.75. The molecule has 0 spiro atoms. The molecule has 0 aliphatic heterocycles. The molecule has 0 fully saturated rings. The van der Waals surface area contributed by atoms with E-state index in [2.05, 4.69) is 11.9 Å². The Hall–Kier alpha value is -1.45. The highest BCUT2D eigenvalue weighted by Crippen LogP contribution is 2.24. The van der Waals surface area contributed by atoms with Crippen LogP contribution < -0.4 is 0 Å². The van der Waals surface area contributed by atoms with Gasteiger partial charge in [-0.15, -0.1) is 0 Å². The van der Waals surface area contributed by atoms with Gasteiger partial charge < -0.3 is 5.11 Å². The summed E-state index contributed by atoms with van der Waals surface area (Å²) in [5.41, 5.74) is 0.198. The first-order valence-electron chi connectivity index (χ1n) is 7.00. The molecule has 1 unspecified atom stereocenters. The molecule has 0 aliphatic rings. The molecular weight excluding hydrogens is 245 g/mol. The zero-order valence-corrected chi connectivity index (χ0v) is 11.4. The number of carboxylic acid groups (broad SMARTS) is 1. The number of pyridine rings is 1. The van der Waals surface area contributed by atoms with Crippen LogP contribution in [0.5, 0.6) is 0 Å². The van der Waals surface area contributed by atoms with Crippen molar-refractivity contribution in [3.8, 4) is 0 Å². The van der Waals surface area contributed by atoms with E-state index in [1.807, 2.05) is 0 Å². The van der Waals surface area contributed by atoms with Crippen LogP contribution in [0.3, 0.4) is 0 Å². The van der Waals surface area contributed by atoms with Gasteiger partial charge in [-0.2, -0.15) is 4.39 Å². The summed E-state index contributed by atoms with van der Waals surface area (Å²) in [5.74, 6) is -2.42. The minimum Gasteiger partial charge on any atom is -0.481 e. The molecule has 1 aromatic heterocycles. The molecule has 1 aromatic rings. The quantitative estimate of drug-likeness (QED) is 0.540. The van der Waals surface area contributed by atoms with E-state index in [4.69, 9.17) is 0 Å². The number of nitrogens with zero attached hydrogens (tertiary/aromatic N) is 1. The Labute approximate surface area is 113 Å². The van der Waals surface area contributed by atoms with Crippen molar-refractivity contribution < 1.29 is 14.3 Å². The predicted octanol–water partition coefficient (Wildman–Crippen LogP) is 4.14. The lowest BCUT2D eigenvalue weighted by Crippen LogP contribution is -2.14. The van der Waals surface area contributed by atoms with E-state index in [1.165, 1.54) is 31.5 Å². The standard InChI is InChI=1S/C15H22FNO2/c1-2-3-4-5-6-7-9-13(15(18)19)12-10-8-11-17-14(12)16/h8,10-11,13H,2-7,9H2,1H3,(H,18,19). The van der Waals surface area contributed by atoms with E-state index in [0.29, 0.717) is 6.42 Å². The summed E-state index contributed by atoms with van der Waals surface area (Å²) in [4.78, 5) is 14.7. The first-order valence-corrected chi connectivity index (χ1v) is 7.00. The maximum absolute atomic E-state index is 13.5. The van der Waals surface area contributed by atoms with Gasteiger partial charge in [0.2, 0.25) is 5.95 Å². The van der Waals surface area contributed by atoms with E-state index in [9.17, 15) is 14.3 Å². The fourth-order valence-electron chi connectivity index (χ4n) is 2.20. The summed E-state index contributed by atoms with van der Waals surface area (Å²) >= 11 is 0. The van der Waals surface area contributed by atoms with Crippen LogP contribution in [0, 0.1) is 5.95 Å². The first-order chi connectivity index (χ1) is 9.16. The third-order valence-corrected chi connectivity index (χ3v) is 3.31. The van der Waals surface area contributed by atoms with Gasteiger partial charge in [-0.3, -0.25) is 4.79 Å². The van der Waals surface area contributed by atoms with Gasteiger partial charge in [-0.25, -0.2) is 4.98 Å². The van der Waals surface area contributed by atoms with Crippen LogP contribution in [0.2, 0.25) is 0 Å². The fraction of sp³-hybridized carbons (Fsp3) is 0.600. The lowest BCUT2D eigenvalue weighted by atomic mass is 9.94. The Morgan fingerprint density at radius 2 is 2.00 bits per heavy atom. The van der Waals surface area contributed by atoms with Crippen LogP contribution in [0.15, 0.2) is 18.3 Å². The Morgan fingerprint density at radius 3 is 2.63 bits per heavy atom. The van der Waals surface area contributed by atoms with Gasteiger partial charge >= 0.3 is 5.97 Å². The topological polar surface area (TPSA) is 50.2 Å². The number of unbranched alkanes of at least 4 members (excludes halogenated alkanes) is 5. The van der Waals surface area contributed by atoms with Gasteiger partial charge in [-0.05, 0) is 12.5 Å². The SMILES string of the molecule is CCCCCCCCC(C(=O)O)c1cccnc1F. The second kappa shape index (κ2) is 8.62. The third kappa shape index (κ3) is 5.37. The Bertz CT molecular complexity index is 395. The molecular formula is C15H22FNO2. The van der Waals surface area contributed by atoms with Crippen molar-refractivity contribution in [2.45, 2.75) is 57.8 Å². The maximum atomic E-state index is 13.5. The summed E-state index contributed by atoms with van der Waals surface area (Å²) < 4.78 is 13.5. The number of carboxylic acids is 1. The number of aliphatic carboxylic acids is 1. The second-order valence-corrected chi connectivity index (χ2v) is 4.83. The van der Waals surface area contributed by atoms with Crippen LogP contribution in [0.1, 0.15) is 63.4 Å². The average molecular weight is 267 g/mol. The normalized spacial score (nSPS) is 12.3. The van der Waals surface area contributed by atoms with E-state index in [-0.39, 0.29) is 5.56 Å². The molecule has 1 atom stereocenters. The average Bonchev–Trinajstić information content (AvgIpc) is 2.39. The minimum absolute atomic E-state index is 0.198. The van der Waals surface area contributed by atoms with E-state index in [0.717, 1.165) is 19.3 Å². The van der Waals surface area contributed by atoms with Crippen molar-refractivity contribution in [2.24, 2.45) is 0 Å². The van der Waals surface area contributed by atoms with Crippen LogP contribution in [0.4, 0.5) is 4.39 Å². The van der Waals surface area contributed by atoms with Crippen molar-refractivity contribution in [2.75, 3.05) is 0 Å². The van der Waals surface area contributed by atoms with Crippen LogP contribution >= 0.6 is 0 Å². The Kier molecular flexibility index (Phi) is 7.08. The predicted molar refractivity (Wildman–Crippen MR) is 72.6 cm³/mol. The third-order valence-electron chi connectivity index (χ3n) is 3.31. The van der Waals surface area contributed by atoms with E-state index in [1.54, 1.807) is 6.07 Å². The van der Waals surface area contributed by atoms with Gasteiger partial charge in [0.1, 0.15) is 0 Å². The van der Waals surface area contributed by atoms with Crippen LogP contribution in [-0.4, -0.2) is 16.1 Å². The summed E-state index contributed by atoms with van der Waals surface area (Å²) in [6, 6.07) is 3.09. The molecule has 3 nitrogen and oxygen atoms in total. The molecule has 0 bridgehead atoms. The summed E-state index contributed by atoms with van der Waals surface area (Å²) in [6.07, 6.45) is 8.36. The van der Waals surface area contributed by atoms with Crippen molar-refractivity contribution in [3.63, 3.8) is 0 Å². The molecule has 0 saturated carbocycles. The van der Waals surface area contributed by atoms with Crippen molar-refractivity contribution in [1.82, 2.24) is 4.98 Å². The van der Waals surface area contributed by atoms with Crippen molar-refractivity contribution in [1.29, 1.82) is 0 Å². The Balaban J connectivity index is 2.46. The lowest BCUT2D eigenvalue weighted by Gasteiger charge is -2.12. The molecule has 106 valence electrons. The zero-order valence-electron chi connectivity index (χ0n) is 11.4. The van der Waals surface area contributed by atoms with Gasteiger partial charge in [0.25, 0.3) is 0 Å². The van der Waals surface area contributed by atoms with E-state index < -0.39 is 17.8 Å². The molecule has 0 aromatic carbocycles. The molecule has 0 amide bonds. The largest absolute Gasteiger partial charge is 0.481 e. The minimum atomic E-state index is -0.972. The highest BCUT2D eigenvalue weighted by Gasteiger charge is 2.22. The van der Waals surface area contributed by atoms with Gasteiger partial charge in [0, 0.05) is 11.8 Å². The van der Waals surface area contributed by atoms with Gasteiger partial charge in [0.15, 0.2) is 0 Å². The lowest BCUT2D eigenvalue weighted by molar-refractivity contribution is -0.139. The number of aromatic nitrogens is 1. The molecule has 19 heavy (non-hydrogen) atoms. The highest BCUT2D eigenvalue weighted by atomic mass is 19.1. The summed E-state index contributed by atoms with van der Waals surface area (Å²) in [6.45, 7) is 2.16. The van der Waals surface area contributed by atoms with Crippen molar-refractivity contribution in [3.05, 3.63) is 29.8 Å². The van der Waals surface area contributed by atoms with E-state index >= 15 is 0 Å². The molecule has 0 aliphatic carbocycles. The first kappa shape index (κ1) is 15.6. The molecule has 1 heterocycles. The molecule has 0 saturated heterocycles. The Morgan fingerprint density at radius 1 is 1.32 bits per heavy atom. The van der Waals surface area contributed by atoms with Crippen LogP contribution in [0.25, 0.3) is 0 Å². The number of carbonyl (C=O) groups is 1. The van der Waals surface area contributed by atoms with Crippen LogP contribution in [-0.2, 0) is 4.79 Å². The molecule has 0 radical (unpaired) electrons. The monoisotopic (exact) mass is 267 g/mol. The number of rotatable bonds is 9. The molecule has 1 rings (SSSR count). The summed E-state index contributed by atoms with van der Waals surface area (Å²) in [7, 11) is 0. The second-order valence-electron chi connectivity index (χ2n) is 4.83. The van der Waals surface area contributed by atoms with Gasteiger partial charge in [-0.1, -0.05) is 51.5 Å². The maximum Gasteiger partial charge on any atom is 0.311 e. The zero-order chi connectivity index (χ0) is 14.1. The molecule has 1 N–H and O–H groups in total.